The predicted octanol–water partition coefficient (Wildman–Crippen LogP) is 1.71. The normalized spacial score (nSPS) is 22.6. The number of nitrogens with zero attached hydrogens (tertiary/aromatic N) is 1. The molecule has 4 rings (SSSR count). The van der Waals surface area contributed by atoms with Crippen LogP contribution in [0.3, 0.4) is 0 Å². The van der Waals surface area contributed by atoms with Gasteiger partial charge in [0.25, 0.3) is 5.69 Å². The van der Waals surface area contributed by atoms with Gasteiger partial charge in [0.05, 0.1) is 17.1 Å². The van der Waals surface area contributed by atoms with Crippen molar-refractivity contribution < 1.29 is 49.1 Å². The number of hydrogen-bond donors (Lipinski definition) is 4. The van der Waals surface area contributed by atoms with Crippen LogP contribution in [0.15, 0.2) is 72.8 Å². The Bertz CT molecular complexity index is 1270. The minimum Gasteiger partial charge on any atom is -0.489 e. The average Bonchev–Trinajstić information content (AvgIpc) is 2.96. The highest BCUT2D eigenvalue weighted by atomic mass is 16.7. The van der Waals surface area contributed by atoms with Crippen LogP contribution in [0.5, 0.6) is 11.5 Å². The second-order valence-corrected chi connectivity index (χ2v) is 8.74. The highest BCUT2D eigenvalue weighted by Gasteiger charge is 2.45. The summed E-state index contributed by atoms with van der Waals surface area (Å²) in [7, 11) is 0. The molecule has 206 valence electrons. The monoisotopic (exact) mass is 541 g/mol. The number of esters is 1. The zero-order valence-electron chi connectivity index (χ0n) is 20.5. The zero-order chi connectivity index (χ0) is 27.9. The van der Waals surface area contributed by atoms with Crippen LogP contribution in [0.1, 0.15) is 21.5 Å². The van der Waals surface area contributed by atoms with Crippen molar-refractivity contribution in [3.05, 3.63) is 99.6 Å². The fourth-order valence-electron chi connectivity index (χ4n) is 3.86. The summed E-state index contributed by atoms with van der Waals surface area (Å²) in [6, 6.07) is 18.6. The summed E-state index contributed by atoms with van der Waals surface area (Å²) in [6.07, 6.45) is -7.53. The molecular formula is C27H27NO11. The molecule has 0 saturated carbocycles. The summed E-state index contributed by atoms with van der Waals surface area (Å²) in [5.74, 6) is -0.166. The molecular weight excluding hydrogens is 514 g/mol. The number of rotatable bonds is 10. The predicted molar refractivity (Wildman–Crippen MR) is 134 cm³/mol. The van der Waals surface area contributed by atoms with Gasteiger partial charge in [-0.25, -0.2) is 4.79 Å². The molecule has 3 aromatic rings. The smallest absolute Gasteiger partial charge is 0.338 e. The highest BCUT2D eigenvalue weighted by molar-refractivity contribution is 5.89. The summed E-state index contributed by atoms with van der Waals surface area (Å²) in [4.78, 5) is 22.5. The summed E-state index contributed by atoms with van der Waals surface area (Å²) in [5, 5.41) is 51.7. The third-order valence-electron chi connectivity index (χ3n) is 6.05. The molecule has 4 N–H and O–H groups in total. The van der Waals surface area contributed by atoms with E-state index >= 15 is 0 Å². The van der Waals surface area contributed by atoms with E-state index in [1.165, 1.54) is 24.3 Å². The summed E-state index contributed by atoms with van der Waals surface area (Å²) < 4.78 is 22.2. The van der Waals surface area contributed by atoms with Crippen LogP contribution in [-0.2, 0) is 22.7 Å². The van der Waals surface area contributed by atoms with Gasteiger partial charge in [-0.1, -0.05) is 18.2 Å². The topological polar surface area (TPSA) is 178 Å². The fourth-order valence-corrected chi connectivity index (χ4v) is 3.86. The zero-order valence-corrected chi connectivity index (χ0v) is 20.5. The van der Waals surface area contributed by atoms with Gasteiger partial charge >= 0.3 is 5.97 Å². The van der Waals surface area contributed by atoms with E-state index in [0.29, 0.717) is 16.9 Å². The number of benzene rings is 3. The second kappa shape index (κ2) is 12.7. The van der Waals surface area contributed by atoms with Crippen LogP contribution >= 0.6 is 0 Å². The number of nitro groups is 1. The van der Waals surface area contributed by atoms with Crippen LogP contribution in [0.25, 0.3) is 0 Å². The summed E-state index contributed by atoms with van der Waals surface area (Å²) >= 11 is 0. The van der Waals surface area contributed by atoms with Crippen molar-refractivity contribution in [1.82, 2.24) is 0 Å². The van der Waals surface area contributed by atoms with Crippen LogP contribution in [-0.4, -0.2) is 68.6 Å². The Labute approximate surface area is 222 Å². The van der Waals surface area contributed by atoms with Crippen molar-refractivity contribution in [1.29, 1.82) is 0 Å². The molecule has 1 saturated heterocycles. The Balaban J connectivity index is 1.39. The third kappa shape index (κ3) is 6.88. The van der Waals surface area contributed by atoms with E-state index < -0.39 is 54.8 Å². The summed E-state index contributed by atoms with van der Waals surface area (Å²) in [5.41, 5.74) is 1.22. The first kappa shape index (κ1) is 28.0. The molecule has 0 spiro atoms. The van der Waals surface area contributed by atoms with Crippen molar-refractivity contribution in [2.45, 2.75) is 43.9 Å². The van der Waals surface area contributed by atoms with Gasteiger partial charge in [-0.15, -0.1) is 0 Å². The first-order valence-corrected chi connectivity index (χ1v) is 11.9. The number of aliphatic hydroxyl groups excluding tert-OH is 4. The molecule has 12 heteroatoms. The maximum absolute atomic E-state index is 12.2. The van der Waals surface area contributed by atoms with E-state index in [2.05, 4.69) is 0 Å². The number of ether oxygens (including phenoxy) is 4. The first-order valence-electron chi connectivity index (χ1n) is 11.9. The molecule has 39 heavy (non-hydrogen) atoms. The van der Waals surface area contributed by atoms with Crippen molar-refractivity contribution in [3.63, 3.8) is 0 Å². The highest BCUT2D eigenvalue weighted by Crippen LogP contribution is 2.30. The third-order valence-corrected chi connectivity index (χ3v) is 6.05. The quantitative estimate of drug-likeness (QED) is 0.167. The Morgan fingerprint density at radius 1 is 0.949 bits per heavy atom. The number of non-ortho nitro benzene ring substituents is 1. The van der Waals surface area contributed by atoms with E-state index in [1.54, 1.807) is 48.5 Å². The Morgan fingerprint density at radius 3 is 2.33 bits per heavy atom. The van der Waals surface area contributed by atoms with E-state index in [9.17, 15) is 35.3 Å². The minimum atomic E-state index is -1.66. The van der Waals surface area contributed by atoms with Gasteiger partial charge in [-0.2, -0.15) is 0 Å². The van der Waals surface area contributed by atoms with Crippen LogP contribution in [0.4, 0.5) is 5.69 Å². The van der Waals surface area contributed by atoms with Crippen molar-refractivity contribution >= 4 is 11.7 Å². The number of carbonyl (C=O) groups is 1. The van der Waals surface area contributed by atoms with Gasteiger partial charge in [-0.3, -0.25) is 10.1 Å². The Morgan fingerprint density at radius 2 is 1.67 bits per heavy atom. The van der Waals surface area contributed by atoms with E-state index in [4.69, 9.17) is 18.9 Å². The van der Waals surface area contributed by atoms with Crippen LogP contribution in [0, 0.1) is 10.1 Å². The second-order valence-electron chi connectivity index (χ2n) is 8.74. The Kier molecular flexibility index (Phi) is 9.07. The molecule has 0 aromatic heterocycles. The molecule has 0 bridgehead atoms. The SMILES string of the molecule is O=C(OC[C@H]1O[C@@H](Oc2ccc(OCc3ccc([N+](=O)[O-])cc3)cc2CO)[C@H](O)[C@@H](O)[C@@H]1O)c1ccccc1. The lowest BCUT2D eigenvalue weighted by molar-refractivity contribution is -0.384. The van der Waals surface area contributed by atoms with Gasteiger partial charge in [0.2, 0.25) is 6.29 Å². The number of carbonyl (C=O) groups excluding carboxylic acids is 1. The van der Waals surface area contributed by atoms with Gasteiger partial charge in [-0.05, 0) is 48.0 Å². The number of nitro benzene ring substituents is 1. The van der Waals surface area contributed by atoms with Gasteiger partial charge in [0, 0.05) is 17.7 Å². The molecule has 1 aliphatic heterocycles. The fraction of sp³-hybridized carbons (Fsp3) is 0.296. The van der Waals surface area contributed by atoms with E-state index in [-0.39, 0.29) is 23.6 Å². The maximum Gasteiger partial charge on any atom is 0.338 e. The summed E-state index contributed by atoms with van der Waals surface area (Å²) in [6.45, 7) is -0.766. The molecule has 0 radical (unpaired) electrons. The standard InChI is InChI=1S/C27H27NO11/c29-13-18-12-20(36-14-16-6-8-19(9-7-16)28(34)35)10-11-21(18)38-27-25(32)24(31)23(30)22(39-27)15-37-26(33)17-4-2-1-3-5-17/h1-12,22-25,27,29-32H,13-15H2/t22-,23-,24+,25-,27-/m1/s1. The molecule has 0 unspecified atom stereocenters. The van der Waals surface area contributed by atoms with E-state index in [1.807, 2.05) is 0 Å². The van der Waals surface area contributed by atoms with Crippen molar-refractivity contribution in [3.8, 4) is 11.5 Å². The first-order chi connectivity index (χ1) is 18.8. The largest absolute Gasteiger partial charge is 0.489 e. The van der Waals surface area contributed by atoms with Crippen molar-refractivity contribution in [2.75, 3.05) is 6.61 Å². The molecule has 1 aliphatic rings. The van der Waals surface area contributed by atoms with Crippen LogP contribution in [0.2, 0.25) is 0 Å². The lowest BCUT2D eigenvalue weighted by atomic mass is 9.99. The average molecular weight is 542 g/mol. The van der Waals surface area contributed by atoms with Crippen LogP contribution < -0.4 is 9.47 Å². The van der Waals surface area contributed by atoms with Gasteiger partial charge in [0.1, 0.15) is 49.1 Å². The molecule has 5 atom stereocenters. The van der Waals surface area contributed by atoms with Crippen molar-refractivity contribution in [2.24, 2.45) is 0 Å². The van der Waals surface area contributed by atoms with E-state index in [0.717, 1.165) is 0 Å². The van der Waals surface area contributed by atoms with Gasteiger partial charge in [0.15, 0.2) is 0 Å². The molecule has 0 amide bonds. The Hall–Kier alpha value is -4.07. The molecule has 3 aromatic carbocycles. The molecule has 1 fully saturated rings. The lowest BCUT2D eigenvalue weighted by Crippen LogP contribution is -2.60. The van der Waals surface area contributed by atoms with Gasteiger partial charge < -0.3 is 39.4 Å². The molecule has 12 nitrogen and oxygen atoms in total. The molecule has 0 aliphatic carbocycles. The maximum atomic E-state index is 12.2. The molecule has 1 heterocycles. The number of aliphatic hydroxyl groups is 4. The lowest BCUT2D eigenvalue weighted by Gasteiger charge is -2.40. The number of hydrogen-bond acceptors (Lipinski definition) is 11. The minimum absolute atomic E-state index is 0.0378.